The number of nitrogens with zero attached hydrogens (tertiary/aromatic N) is 3. The van der Waals surface area contributed by atoms with Gasteiger partial charge in [-0.05, 0) is 44.3 Å². The molecule has 1 unspecified atom stereocenters. The summed E-state index contributed by atoms with van der Waals surface area (Å²) in [6.07, 6.45) is 9.09. The van der Waals surface area contributed by atoms with Crippen molar-refractivity contribution in [3.05, 3.63) is 48.5 Å². The van der Waals surface area contributed by atoms with E-state index in [9.17, 15) is 0 Å². The molecule has 1 fully saturated rings. The monoisotopic (exact) mass is 386 g/mol. The van der Waals surface area contributed by atoms with Crippen LogP contribution in [0.4, 0.5) is 0 Å². The second kappa shape index (κ2) is 11.8. The number of rotatable bonds is 13. The number of benzene rings is 1. The van der Waals surface area contributed by atoms with Crippen LogP contribution in [0.25, 0.3) is 0 Å². The number of unbranched alkanes of at least 4 members (excludes halogenated alkanes) is 1. The van der Waals surface area contributed by atoms with Crippen LogP contribution < -0.4 is 10.1 Å². The number of nitrogens with one attached hydrogen (secondary N) is 1. The Morgan fingerprint density at radius 1 is 1.18 bits per heavy atom. The Balaban J connectivity index is 1.33. The number of imidazole rings is 1. The highest BCUT2D eigenvalue weighted by Gasteiger charge is 2.21. The predicted molar refractivity (Wildman–Crippen MR) is 112 cm³/mol. The van der Waals surface area contributed by atoms with Gasteiger partial charge in [0.05, 0.1) is 19.5 Å². The number of hydrogen-bond acceptors (Lipinski definition) is 5. The van der Waals surface area contributed by atoms with E-state index >= 15 is 0 Å². The average molecular weight is 387 g/mol. The van der Waals surface area contributed by atoms with E-state index in [1.54, 1.807) is 7.11 Å². The lowest BCUT2D eigenvalue weighted by Crippen LogP contribution is -2.28. The smallest absolute Gasteiger partial charge is 0.123 e. The quantitative estimate of drug-likeness (QED) is 0.537. The zero-order chi connectivity index (χ0) is 19.4. The molecule has 0 radical (unpaired) electrons. The number of para-hydroxylation sites is 1. The summed E-state index contributed by atoms with van der Waals surface area (Å²) in [6.45, 7) is 7.90. The van der Waals surface area contributed by atoms with Crippen molar-refractivity contribution in [2.24, 2.45) is 5.92 Å². The first-order valence-electron chi connectivity index (χ1n) is 10.4. The summed E-state index contributed by atoms with van der Waals surface area (Å²) in [4.78, 5) is 6.57. The van der Waals surface area contributed by atoms with Gasteiger partial charge in [0, 0.05) is 51.2 Å². The van der Waals surface area contributed by atoms with Crippen molar-refractivity contribution in [2.45, 2.75) is 32.4 Å². The second-order valence-corrected chi connectivity index (χ2v) is 7.54. The van der Waals surface area contributed by atoms with E-state index in [4.69, 9.17) is 9.47 Å². The minimum absolute atomic E-state index is 0.730. The normalized spacial score (nSPS) is 17.2. The van der Waals surface area contributed by atoms with E-state index in [0.29, 0.717) is 0 Å². The molecule has 6 heteroatoms. The van der Waals surface area contributed by atoms with Crippen molar-refractivity contribution in [1.82, 2.24) is 19.8 Å². The van der Waals surface area contributed by atoms with Crippen LogP contribution >= 0.6 is 0 Å². The highest BCUT2D eigenvalue weighted by molar-refractivity contribution is 5.33. The summed E-state index contributed by atoms with van der Waals surface area (Å²) in [5.41, 5.74) is 1.24. The minimum atomic E-state index is 0.730. The molecule has 1 atom stereocenters. The van der Waals surface area contributed by atoms with Crippen molar-refractivity contribution < 1.29 is 9.47 Å². The molecule has 1 aromatic heterocycles. The van der Waals surface area contributed by atoms with Gasteiger partial charge >= 0.3 is 0 Å². The van der Waals surface area contributed by atoms with Crippen molar-refractivity contribution in [1.29, 1.82) is 0 Å². The molecule has 0 bridgehead atoms. The Hall–Kier alpha value is -1.89. The standard InChI is InChI=1S/C22H34N4O2/c1-27-15-13-25-11-8-20(18-25)16-24-17-21-6-2-3-7-22(21)28-14-5-4-10-26-12-9-23-19-26/h2-3,6-7,9,12,19-20,24H,4-5,8,10-11,13-18H2,1H3. The molecule has 1 aliphatic heterocycles. The van der Waals surface area contributed by atoms with Crippen molar-refractivity contribution in [3.8, 4) is 5.75 Å². The molecule has 28 heavy (non-hydrogen) atoms. The molecular weight excluding hydrogens is 352 g/mol. The predicted octanol–water partition coefficient (Wildman–Crippen LogP) is 2.80. The first-order chi connectivity index (χ1) is 13.8. The van der Waals surface area contributed by atoms with Crippen LogP contribution in [0.1, 0.15) is 24.8 Å². The number of aromatic nitrogens is 2. The van der Waals surface area contributed by atoms with Crippen LogP contribution in [0.15, 0.2) is 43.0 Å². The van der Waals surface area contributed by atoms with Crippen molar-refractivity contribution in [3.63, 3.8) is 0 Å². The largest absolute Gasteiger partial charge is 0.493 e. The topological polar surface area (TPSA) is 51.6 Å². The summed E-state index contributed by atoms with van der Waals surface area (Å²) in [7, 11) is 1.77. The third-order valence-electron chi connectivity index (χ3n) is 5.33. The zero-order valence-electron chi connectivity index (χ0n) is 17.1. The lowest BCUT2D eigenvalue weighted by molar-refractivity contribution is 0.159. The number of likely N-dealkylation sites (tertiary alicyclic amines) is 1. The van der Waals surface area contributed by atoms with Gasteiger partial charge < -0.3 is 24.3 Å². The van der Waals surface area contributed by atoms with E-state index < -0.39 is 0 Å². The molecule has 6 nitrogen and oxygen atoms in total. The van der Waals surface area contributed by atoms with Crippen molar-refractivity contribution >= 4 is 0 Å². The van der Waals surface area contributed by atoms with Crippen LogP contribution in [0.2, 0.25) is 0 Å². The molecule has 154 valence electrons. The third kappa shape index (κ3) is 6.93. The fourth-order valence-corrected chi connectivity index (χ4v) is 3.70. The first kappa shape index (κ1) is 20.8. The first-order valence-corrected chi connectivity index (χ1v) is 10.4. The van der Waals surface area contributed by atoms with E-state index in [-0.39, 0.29) is 0 Å². The zero-order valence-corrected chi connectivity index (χ0v) is 17.1. The lowest BCUT2D eigenvalue weighted by Gasteiger charge is -2.16. The van der Waals surface area contributed by atoms with Crippen LogP contribution in [-0.4, -0.2) is 61.0 Å². The molecule has 0 aliphatic carbocycles. The number of aryl methyl sites for hydroxylation is 1. The fourth-order valence-electron chi connectivity index (χ4n) is 3.70. The number of methoxy groups -OCH3 is 1. The lowest BCUT2D eigenvalue weighted by atomic mass is 10.1. The third-order valence-corrected chi connectivity index (χ3v) is 5.33. The molecule has 0 amide bonds. The van der Waals surface area contributed by atoms with Gasteiger partial charge in [-0.3, -0.25) is 0 Å². The highest BCUT2D eigenvalue weighted by atomic mass is 16.5. The maximum absolute atomic E-state index is 6.05. The number of ether oxygens (including phenoxy) is 2. The van der Waals surface area contributed by atoms with Gasteiger partial charge in [0.15, 0.2) is 0 Å². The SMILES string of the molecule is COCCN1CCC(CNCc2ccccc2OCCCCn2ccnc2)C1. The molecule has 2 heterocycles. The minimum Gasteiger partial charge on any atom is -0.493 e. The van der Waals surface area contributed by atoms with E-state index in [1.165, 1.54) is 25.1 Å². The van der Waals surface area contributed by atoms with Gasteiger partial charge in [0.2, 0.25) is 0 Å². The summed E-state index contributed by atoms with van der Waals surface area (Å²) in [5.74, 6) is 1.74. The maximum atomic E-state index is 6.05. The van der Waals surface area contributed by atoms with E-state index in [2.05, 4.69) is 44.0 Å². The Morgan fingerprint density at radius 3 is 2.96 bits per heavy atom. The molecule has 1 aromatic carbocycles. The van der Waals surface area contributed by atoms with Gasteiger partial charge in [-0.1, -0.05) is 18.2 Å². The summed E-state index contributed by atoms with van der Waals surface area (Å²) in [6, 6.07) is 8.38. The average Bonchev–Trinajstić information content (AvgIpc) is 3.39. The highest BCUT2D eigenvalue weighted by Crippen LogP contribution is 2.19. The molecule has 0 saturated carbocycles. The molecule has 2 aromatic rings. The molecule has 0 spiro atoms. The van der Waals surface area contributed by atoms with Gasteiger partial charge in [0.1, 0.15) is 5.75 Å². The van der Waals surface area contributed by atoms with Crippen LogP contribution in [0.3, 0.4) is 0 Å². The summed E-state index contributed by atoms with van der Waals surface area (Å²) >= 11 is 0. The second-order valence-electron chi connectivity index (χ2n) is 7.54. The van der Waals surface area contributed by atoms with Crippen LogP contribution in [0, 0.1) is 5.92 Å². The Labute approximate surface area is 168 Å². The van der Waals surface area contributed by atoms with Crippen molar-refractivity contribution in [2.75, 3.05) is 46.5 Å². The molecule has 1 aliphatic rings. The Bertz CT molecular complexity index is 662. The van der Waals surface area contributed by atoms with Crippen LogP contribution in [0.5, 0.6) is 5.75 Å². The molecule has 3 rings (SSSR count). The van der Waals surface area contributed by atoms with Gasteiger partial charge in [-0.25, -0.2) is 4.98 Å². The summed E-state index contributed by atoms with van der Waals surface area (Å²) < 4.78 is 13.3. The Morgan fingerprint density at radius 2 is 2.11 bits per heavy atom. The van der Waals surface area contributed by atoms with Gasteiger partial charge in [-0.15, -0.1) is 0 Å². The van der Waals surface area contributed by atoms with E-state index in [0.717, 1.165) is 63.9 Å². The Kier molecular flexibility index (Phi) is 8.81. The molecule has 1 saturated heterocycles. The maximum Gasteiger partial charge on any atom is 0.123 e. The van der Waals surface area contributed by atoms with Gasteiger partial charge in [0.25, 0.3) is 0 Å². The van der Waals surface area contributed by atoms with Gasteiger partial charge in [-0.2, -0.15) is 0 Å². The molecular formula is C22H34N4O2. The summed E-state index contributed by atoms with van der Waals surface area (Å²) in [5, 5.41) is 3.63. The fraction of sp³-hybridized carbons (Fsp3) is 0.591. The number of hydrogen-bond donors (Lipinski definition) is 1. The molecule has 1 N–H and O–H groups in total. The van der Waals surface area contributed by atoms with E-state index in [1.807, 2.05) is 18.7 Å². The van der Waals surface area contributed by atoms with Crippen LogP contribution in [-0.2, 0) is 17.8 Å².